The average Bonchev–Trinajstić information content (AvgIpc) is 2.06. The highest BCUT2D eigenvalue weighted by molar-refractivity contribution is 5.80. The van der Waals surface area contributed by atoms with Crippen molar-refractivity contribution in [3.63, 3.8) is 0 Å². The van der Waals surface area contributed by atoms with Crippen LogP contribution in [0.5, 0.6) is 0 Å². The van der Waals surface area contributed by atoms with Crippen LogP contribution in [0.1, 0.15) is 25.5 Å². The topological polar surface area (TPSA) is 42.9 Å². The summed E-state index contributed by atoms with van der Waals surface area (Å²) in [6, 6.07) is 1.77. The number of nitrogens with zero attached hydrogens (tertiary/aromatic N) is 2. The van der Waals surface area contributed by atoms with E-state index >= 15 is 0 Å². The summed E-state index contributed by atoms with van der Waals surface area (Å²) in [5.74, 6) is 0.246. The Hall–Kier alpha value is -1.25. The molecule has 0 bridgehead atoms. The zero-order valence-corrected chi connectivity index (χ0v) is 7.16. The summed E-state index contributed by atoms with van der Waals surface area (Å²) < 4.78 is 0. The summed E-state index contributed by atoms with van der Waals surface area (Å²) in [4.78, 5) is 18.9. The second-order valence-corrected chi connectivity index (χ2v) is 2.67. The second kappa shape index (κ2) is 4.59. The molecule has 1 heterocycles. The number of ketones is 1. The van der Waals surface area contributed by atoms with Gasteiger partial charge in [-0.2, -0.15) is 0 Å². The Kier molecular flexibility index (Phi) is 3.38. The predicted octanol–water partition coefficient (Wildman–Crippen LogP) is 1.39. The van der Waals surface area contributed by atoms with Crippen molar-refractivity contribution in [2.75, 3.05) is 0 Å². The number of carbonyl (C=O) groups excluding carboxylic acids is 1. The first-order valence-corrected chi connectivity index (χ1v) is 4.09. The number of hydrogen-bond donors (Lipinski definition) is 0. The third kappa shape index (κ3) is 2.78. The molecule has 1 rings (SSSR count). The van der Waals surface area contributed by atoms with Gasteiger partial charge in [-0.05, 0) is 12.5 Å². The molecule has 0 atom stereocenters. The molecular weight excluding hydrogens is 152 g/mol. The quantitative estimate of drug-likeness (QED) is 0.675. The number of carbonyl (C=O) groups is 1. The largest absolute Gasteiger partial charge is 0.299 e. The molecule has 0 aliphatic carbocycles. The highest BCUT2D eigenvalue weighted by Crippen LogP contribution is 1.98. The minimum Gasteiger partial charge on any atom is -0.299 e. The van der Waals surface area contributed by atoms with Crippen molar-refractivity contribution in [2.45, 2.75) is 26.2 Å². The van der Waals surface area contributed by atoms with Crippen LogP contribution >= 0.6 is 0 Å². The summed E-state index contributed by atoms with van der Waals surface area (Å²) in [5.41, 5.74) is 0.809. The SMILES string of the molecule is CCCC(=O)Cc1ccncn1. The highest BCUT2D eigenvalue weighted by atomic mass is 16.1. The van der Waals surface area contributed by atoms with Gasteiger partial charge in [-0.15, -0.1) is 0 Å². The summed E-state index contributed by atoms with van der Waals surface area (Å²) >= 11 is 0. The minimum absolute atomic E-state index is 0.246. The average molecular weight is 164 g/mol. The fourth-order valence-corrected chi connectivity index (χ4v) is 0.992. The maximum atomic E-state index is 11.2. The van der Waals surface area contributed by atoms with Crippen LogP contribution < -0.4 is 0 Å². The van der Waals surface area contributed by atoms with Crippen LogP contribution in [-0.2, 0) is 11.2 Å². The lowest BCUT2D eigenvalue weighted by molar-refractivity contribution is -0.118. The normalized spacial score (nSPS) is 9.75. The molecule has 0 spiro atoms. The van der Waals surface area contributed by atoms with Crippen LogP contribution in [0.25, 0.3) is 0 Å². The lowest BCUT2D eigenvalue weighted by atomic mass is 10.1. The Morgan fingerprint density at radius 1 is 1.58 bits per heavy atom. The van der Waals surface area contributed by atoms with E-state index < -0.39 is 0 Å². The van der Waals surface area contributed by atoms with Gasteiger partial charge in [0.2, 0.25) is 0 Å². The van der Waals surface area contributed by atoms with E-state index in [0.717, 1.165) is 12.1 Å². The van der Waals surface area contributed by atoms with Crippen LogP contribution in [-0.4, -0.2) is 15.8 Å². The predicted molar refractivity (Wildman–Crippen MR) is 45.7 cm³/mol. The van der Waals surface area contributed by atoms with Crippen LogP contribution in [0.4, 0.5) is 0 Å². The van der Waals surface area contributed by atoms with Crippen molar-refractivity contribution < 1.29 is 4.79 Å². The first-order valence-electron chi connectivity index (χ1n) is 4.09. The highest BCUT2D eigenvalue weighted by Gasteiger charge is 2.01. The van der Waals surface area contributed by atoms with E-state index in [1.54, 1.807) is 12.3 Å². The molecule has 0 aromatic carbocycles. The molecular formula is C9H12N2O. The van der Waals surface area contributed by atoms with Gasteiger partial charge in [-0.25, -0.2) is 9.97 Å². The van der Waals surface area contributed by atoms with Gasteiger partial charge in [0.1, 0.15) is 12.1 Å². The molecule has 0 N–H and O–H groups in total. The third-order valence-electron chi connectivity index (χ3n) is 1.55. The van der Waals surface area contributed by atoms with Gasteiger partial charge in [0.25, 0.3) is 0 Å². The van der Waals surface area contributed by atoms with Crippen molar-refractivity contribution in [3.05, 3.63) is 24.3 Å². The number of hydrogen-bond acceptors (Lipinski definition) is 3. The Morgan fingerprint density at radius 2 is 2.42 bits per heavy atom. The van der Waals surface area contributed by atoms with Crippen LogP contribution in [0.2, 0.25) is 0 Å². The van der Waals surface area contributed by atoms with E-state index in [1.807, 2.05) is 6.92 Å². The Labute approximate surface area is 71.9 Å². The fourth-order valence-electron chi connectivity index (χ4n) is 0.992. The number of rotatable bonds is 4. The lowest BCUT2D eigenvalue weighted by Crippen LogP contribution is -2.03. The molecule has 64 valence electrons. The molecule has 3 nitrogen and oxygen atoms in total. The Morgan fingerprint density at radius 3 is 3.00 bits per heavy atom. The molecule has 0 amide bonds. The first-order chi connectivity index (χ1) is 5.83. The van der Waals surface area contributed by atoms with Crippen molar-refractivity contribution in [3.8, 4) is 0 Å². The molecule has 1 aromatic heterocycles. The van der Waals surface area contributed by atoms with Crippen molar-refractivity contribution in [2.24, 2.45) is 0 Å². The zero-order chi connectivity index (χ0) is 8.81. The molecule has 0 radical (unpaired) electrons. The monoisotopic (exact) mass is 164 g/mol. The van der Waals surface area contributed by atoms with Crippen LogP contribution in [0.15, 0.2) is 18.6 Å². The molecule has 0 saturated heterocycles. The zero-order valence-electron chi connectivity index (χ0n) is 7.16. The smallest absolute Gasteiger partial charge is 0.138 e. The van der Waals surface area contributed by atoms with E-state index in [4.69, 9.17) is 0 Å². The summed E-state index contributed by atoms with van der Waals surface area (Å²) in [7, 11) is 0. The maximum Gasteiger partial charge on any atom is 0.138 e. The van der Waals surface area contributed by atoms with Gasteiger partial charge < -0.3 is 0 Å². The molecule has 0 unspecified atom stereocenters. The van der Waals surface area contributed by atoms with E-state index in [-0.39, 0.29) is 5.78 Å². The van der Waals surface area contributed by atoms with Gasteiger partial charge in [0, 0.05) is 19.0 Å². The standard InChI is InChI=1S/C9H12N2O/c1-2-3-9(12)6-8-4-5-10-7-11-8/h4-5,7H,2-3,6H2,1H3. The molecule has 1 aromatic rings. The van der Waals surface area contributed by atoms with Crippen LogP contribution in [0, 0.1) is 0 Å². The first kappa shape index (κ1) is 8.84. The van der Waals surface area contributed by atoms with Gasteiger partial charge in [-0.3, -0.25) is 4.79 Å². The fraction of sp³-hybridized carbons (Fsp3) is 0.444. The Bertz CT molecular complexity index is 246. The van der Waals surface area contributed by atoms with E-state index in [0.29, 0.717) is 12.8 Å². The summed E-state index contributed by atoms with van der Waals surface area (Å²) in [6.45, 7) is 2.00. The van der Waals surface area contributed by atoms with Gasteiger partial charge >= 0.3 is 0 Å². The Balaban J connectivity index is 2.47. The third-order valence-corrected chi connectivity index (χ3v) is 1.55. The lowest BCUT2D eigenvalue weighted by Gasteiger charge is -1.96. The molecule has 0 saturated carbocycles. The van der Waals surface area contributed by atoms with Crippen molar-refractivity contribution in [1.29, 1.82) is 0 Å². The van der Waals surface area contributed by atoms with E-state index in [1.165, 1.54) is 6.33 Å². The van der Waals surface area contributed by atoms with Gasteiger partial charge in [0.05, 0.1) is 5.69 Å². The van der Waals surface area contributed by atoms with E-state index in [9.17, 15) is 4.79 Å². The van der Waals surface area contributed by atoms with E-state index in [2.05, 4.69) is 9.97 Å². The van der Waals surface area contributed by atoms with Crippen LogP contribution in [0.3, 0.4) is 0 Å². The van der Waals surface area contributed by atoms with Gasteiger partial charge in [0.15, 0.2) is 0 Å². The van der Waals surface area contributed by atoms with Gasteiger partial charge in [-0.1, -0.05) is 6.92 Å². The number of Topliss-reactive ketones (excluding diaryl/α,β-unsaturated/α-hetero) is 1. The number of aromatic nitrogens is 2. The molecule has 0 aliphatic heterocycles. The van der Waals surface area contributed by atoms with Crippen molar-refractivity contribution >= 4 is 5.78 Å². The maximum absolute atomic E-state index is 11.2. The van der Waals surface area contributed by atoms with Crippen molar-refractivity contribution in [1.82, 2.24) is 9.97 Å². The second-order valence-electron chi connectivity index (χ2n) is 2.67. The molecule has 3 heteroatoms. The summed E-state index contributed by atoms with van der Waals surface area (Å²) in [5, 5.41) is 0. The minimum atomic E-state index is 0.246. The molecule has 0 aliphatic rings. The summed E-state index contributed by atoms with van der Waals surface area (Å²) in [6.07, 6.45) is 5.11. The molecule has 12 heavy (non-hydrogen) atoms. The molecule has 0 fully saturated rings.